The number of amides is 2. The van der Waals surface area contributed by atoms with Crippen LogP contribution in [0.15, 0.2) is 27.9 Å². The molecule has 2 aromatic rings. The minimum Gasteiger partial charge on any atom is -0.493 e. The van der Waals surface area contributed by atoms with Crippen LogP contribution in [0.1, 0.15) is 5.56 Å². The molecule has 0 spiro atoms. The molecule has 0 fully saturated rings. The summed E-state index contributed by atoms with van der Waals surface area (Å²) in [6.45, 7) is 0. The van der Waals surface area contributed by atoms with E-state index in [1.165, 1.54) is 13.3 Å². The van der Waals surface area contributed by atoms with Gasteiger partial charge in [-0.1, -0.05) is 0 Å². The maximum atomic E-state index is 11.5. The van der Waals surface area contributed by atoms with E-state index in [1.54, 1.807) is 25.3 Å². The highest BCUT2D eigenvalue weighted by atomic mass is 16.6. The summed E-state index contributed by atoms with van der Waals surface area (Å²) in [5, 5.41) is 12.8. The Hall–Kier alpha value is -3.30. The fraction of sp³-hybridized carbons (Fsp3) is 0.167. The average molecular weight is 306 g/mol. The number of methoxy groups -OCH3 is 2. The van der Waals surface area contributed by atoms with Gasteiger partial charge in [0.2, 0.25) is 11.6 Å². The van der Waals surface area contributed by atoms with Crippen molar-refractivity contribution in [2.24, 2.45) is 5.10 Å². The molecule has 10 nitrogen and oxygen atoms in total. The standard InChI is InChI=1S/C12H14N6O4/c1-20-8-4-3-7(5-9(8)21-2)6-14-16-12(19)15-11-10(13)17-22-18-11/h3-6H,1-2H3,(H2,13,17)(H2,15,16,18,19)/b14-6+. The van der Waals surface area contributed by atoms with Gasteiger partial charge in [0.05, 0.1) is 20.4 Å². The second-order valence-electron chi connectivity index (χ2n) is 3.94. The number of carbonyl (C=O) groups is 1. The normalized spacial score (nSPS) is 10.5. The maximum absolute atomic E-state index is 11.5. The van der Waals surface area contributed by atoms with Crippen molar-refractivity contribution in [2.75, 3.05) is 25.3 Å². The Morgan fingerprint density at radius 3 is 2.73 bits per heavy atom. The predicted molar refractivity (Wildman–Crippen MR) is 78.0 cm³/mol. The zero-order valence-electron chi connectivity index (χ0n) is 11.9. The molecule has 116 valence electrons. The lowest BCUT2D eigenvalue weighted by Gasteiger charge is -2.07. The first-order chi connectivity index (χ1) is 10.6. The molecule has 1 heterocycles. The van der Waals surface area contributed by atoms with Gasteiger partial charge in [0.15, 0.2) is 11.5 Å². The van der Waals surface area contributed by atoms with Crippen LogP contribution in [0.25, 0.3) is 0 Å². The van der Waals surface area contributed by atoms with Gasteiger partial charge < -0.3 is 15.2 Å². The van der Waals surface area contributed by atoms with Crippen LogP contribution in [0.4, 0.5) is 16.4 Å². The van der Waals surface area contributed by atoms with E-state index in [9.17, 15) is 4.79 Å². The highest BCUT2D eigenvalue weighted by Gasteiger charge is 2.09. The van der Waals surface area contributed by atoms with Crippen molar-refractivity contribution in [3.63, 3.8) is 0 Å². The minimum absolute atomic E-state index is 0.0128. The summed E-state index contributed by atoms with van der Waals surface area (Å²) in [4.78, 5) is 11.5. The second-order valence-corrected chi connectivity index (χ2v) is 3.94. The number of aromatic nitrogens is 2. The smallest absolute Gasteiger partial charge is 0.340 e. The highest BCUT2D eigenvalue weighted by Crippen LogP contribution is 2.26. The summed E-state index contributed by atoms with van der Waals surface area (Å²) in [7, 11) is 3.07. The topological polar surface area (TPSA) is 137 Å². The molecule has 0 aliphatic heterocycles. The van der Waals surface area contributed by atoms with E-state index in [4.69, 9.17) is 15.2 Å². The van der Waals surface area contributed by atoms with Crippen LogP contribution in [0.2, 0.25) is 0 Å². The number of urea groups is 1. The van der Waals surface area contributed by atoms with Gasteiger partial charge in [-0.05, 0) is 34.1 Å². The number of hydrogen-bond acceptors (Lipinski definition) is 8. The molecule has 0 saturated heterocycles. The van der Waals surface area contributed by atoms with E-state index in [2.05, 4.69) is 30.8 Å². The van der Waals surface area contributed by atoms with E-state index in [1.807, 2.05) is 0 Å². The van der Waals surface area contributed by atoms with E-state index in [0.717, 1.165) is 0 Å². The van der Waals surface area contributed by atoms with Gasteiger partial charge in [-0.25, -0.2) is 14.8 Å². The van der Waals surface area contributed by atoms with Crippen molar-refractivity contribution < 1.29 is 18.9 Å². The number of nitrogens with one attached hydrogen (secondary N) is 2. The molecular formula is C12H14N6O4. The first-order valence-electron chi connectivity index (χ1n) is 6.04. The van der Waals surface area contributed by atoms with Crippen molar-refractivity contribution in [1.82, 2.24) is 15.7 Å². The molecular weight excluding hydrogens is 292 g/mol. The lowest BCUT2D eigenvalue weighted by atomic mass is 10.2. The number of hydrazone groups is 1. The Morgan fingerprint density at radius 1 is 1.32 bits per heavy atom. The number of carbonyl (C=O) groups excluding carboxylic acids is 1. The van der Waals surface area contributed by atoms with Crippen LogP contribution in [-0.4, -0.2) is 36.8 Å². The number of ether oxygens (including phenoxy) is 2. The van der Waals surface area contributed by atoms with Crippen LogP contribution < -0.4 is 25.9 Å². The van der Waals surface area contributed by atoms with Gasteiger partial charge in [0, 0.05) is 0 Å². The number of hydrogen-bond donors (Lipinski definition) is 3. The zero-order chi connectivity index (χ0) is 15.9. The summed E-state index contributed by atoms with van der Waals surface area (Å²) in [6.07, 6.45) is 1.44. The Balaban J connectivity index is 1.94. The average Bonchev–Trinajstić information content (AvgIpc) is 2.92. The van der Waals surface area contributed by atoms with E-state index >= 15 is 0 Å². The first-order valence-corrected chi connectivity index (χ1v) is 6.04. The lowest BCUT2D eigenvalue weighted by Crippen LogP contribution is -2.24. The molecule has 22 heavy (non-hydrogen) atoms. The molecule has 1 aromatic carbocycles. The Kier molecular flexibility index (Phi) is 4.75. The maximum Gasteiger partial charge on any atom is 0.340 e. The summed E-state index contributed by atoms with van der Waals surface area (Å²) in [5.74, 6) is 1.13. The predicted octanol–water partition coefficient (Wildman–Crippen LogP) is 0.825. The van der Waals surface area contributed by atoms with E-state index < -0.39 is 6.03 Å². The van der Waals surface area contributed by atoms with Gasteiger partial charge in [0.1, 0.15) is 0 Å². The molecule has 0 aliphatic rings. The third-order valence-electron chi connectivity index (χ3n) is 2.53. The van der Waals surface area contributed by atoms with Crippen molar-refractivity contribution >= 4 is 23.9 Å². The van der Waals surface area contributed by atoms with Crippen LogP contribution in [0, 0.1) is 0 Å². The SMILES string of the molecule is COc1ccc(/C=N/NC(=O)Nc2nonc2N)cc1OC. The largest absolute Gasteiger partial charge is 0.493 e. The number of anilines is 2. The van der Waals surface area contributed by atoms with Gasteiger partial charge in [-0.3, -0.25) is 5.32 Å². The molecule has 0 bridgehead atoms. The lowest BCUT2D eigenvalue weighted by molar-refractivity contribution is 0.252. The quantitative estimate of drug-likeness (QED) is 0.549. The summed E-state index contributed by atoms with van der Waals surface area (Å²) in [6, 6.07) is 4.55. The Labute approximate surface area is 125 Å². The number of nitrogen functional groups attached to an aromatic ring is 1. The molecule has 10 heteroatoms. The number of rotatable bonds is 5. The molecule has 0 atom stereocenters. The molecule has 2 amide bonds. The zero-order valence-corrected chi connectivity index (χ0v) is 11.9. The van der Waals surface area contributed by atoms with Crippen LogP contribution in [0.5, 0.6) is 11.5 Å². The van der Waals surface area contributed by atoms with Crippen LogP contribution in [-0.2, 0) is 0 Å². The van der Waals surface area contributed by atoms with Crippen LogP contribution >= 0.6 is 0 Å². The summed E-state index contributed by atoms with van der Waals surface area (Å²) < 4.78 is 14.6. The molecule has 0 aliphatic carbocycles. The third kappa shape index (κ3) is 3.62. The van der Waals surface area contributed by atoms with E-state index in [-0.39, 0.29) is 11.6 Å². The molecule has 0 unspecified atom stereocenters. The Bertz CT molecular complexity index is 684. The minimum atomic E-state index is -0.640. The Morgan fingerprint density at radius 2 is 2.09 bits per heavy atom. The third-order valence-corrected chi connectivity index (χ3v) is 2.53. The summed E-state index contributed by atoms with van der Waals surface area (Å²) >= 11 is 0. The fourth-order valence-corrected chi connectivity index (χ4v) is 1.52. The molecule has 4 N–H and O–H groups in total. The van der Waals surface area contributed by atoms with Gasteiger partial charge in [-0.15, -0.1) is 0 Å². The second kappa shape index (κ2) is 6.92. The van der Waals surface area contributed by atoms with E-state index in [0.29, 0.717) is 17.1 Å². The number of nitrogens with zero attached hydrogens (tertiary/aromatic N) is 3. The van der Waals surface area contributed by atoms with Crippen molar-refractivity contribution in [3.8, 4) is 11.5 Å². The number of benzene rings is 1. The molecule has 0 saturated carbocycles. The summed E-state index contributed by atoms with van der Waals surface area (Å²) in [5.41, 5.74) is 8.35. The van der Waals surface area contributed by atoms with Crippen molar-refractivity contribution in [1.29, 1.82) is 0 Å². The van der Waals surface area contributed by atoms with Gasteiger partial charge in [0.25, 0.3) is 0 Å². The van der Waals surface area contributed by atoms with Gasteiger partial charge >= 0.3 is 6.03 Å². The monoisotopic (exact) mass is 306 g/mol. The number of nitrogens with two attached hydrogens (primary N) is 1. The highest BCUT2D eigenvalue weighted by molar-refractivity contribution is 5.91. The van der Waals surface area contributed by atoms with Crippen LogP contribution in [0.3, 0.4) is 0 Å². The molecule has 2 rings (SSSR count). The molecule has 1 aromatic heterocycles. The fourth-order valence-electron chi connectivity index (χ4n) is 1.52. The first kappa shape index (κ1) is 15.1. The molecule has 0 radical (unpaired) electrons. The van der Waals surface area contributed by atoms with Gasteiger partial charge in [-0.2, -0.15) is 5.10 Å². The van der Waals surface area contributed by atoms with Crippen molar-refractivity contribution in [2.45, 2.75) is 0 Å². The van der Waals surface area contributed by atoms with Crippen molar-refractivity contribution in [3.05, 3.63) is 23.8 Å².